The Morgan fingerprint density at radius 2 is 2.12 bits per heavy atom. The lowest BCUT2D eigenvalue weighted by atomic mass is 10.00. The highest BCUT2D eigenvalue weighted by molar-refractivity contribution is 5.28. The van der Waals surface area contributed by atoms with Gasteiger partial charge in [0.05, 0.1) is 13.2 Å². The van der Waals surface area contributed by atoms with E-state index in [1.807, 2.05) is 32.0 Å². The fourth-order valence-electron chi connectivity index (χ4n) is 1.52. The number of hydrogen-bond acceptors (Lipinski definition) is 3. The fraction of sp³-hybridized carbons (Fsp3) is 0.571. The van der Waals surface area contributed by atoms with Gasteiger partial charge in [-0.05, 0) is 38.0 Å². The molecule has 0 saturated carbocycles. The standard InChI is InChI=1S/C14H23NO2/c1-4-14(3,11-16)15-10-12-7-6-8-13(9-12)17-5-2/h6-9,15-16H,4-5,10-11H2,1-3H3. The van der Waals surface area contributed by atoms with Crippen LogP contribution in [-0.4, -0.2) is 23.9 Å². The zero-order valence-electron chi connectivity index (χ0n) is 11.0. The van der Waals surface area contributed by atoms with Crippen LogP contribution in [0.15, 0.2) is 24.3 Å². The zero-order chi connectivity index (χ0) is 12.7. The van der Waals surface area contributed by atoms with Crippen LogP contribution in [0.2, 0.25) is 0 Å². The Bertz CT molecular complexity index is 335. The maximum absolute atomic E-state index is 9.31. The van der Waals surface area contributed by atoms with Gasteiger partial charge in [0.25, 0.3) is 0 Å². The highest BCUT2D eigenvalue weighted by Gasteiger charge is 2.19. The Morgan fingerprint density at radius 3 is 2.71 bits per heavy atom. The Labute approximate surface area is 104 Å². The van der Waals surface area contributed by atoms with Crippen molar-refractivity contribution < 1.29 is 9.84 Å². The molecule has 0 aromatic heterocycles. The van der Waals surface area contributed by atoms with Crippen LogP contribution in [0.5, 0.6) is 5.75 Å². The second-order valence-corrected chi connectivity index (χ2v) is 4.51. The second kappa shape index (κ2) is 6.62. The molecule has 2 N–H and O–H groups in total. The third-order valence-electron chi connectivity index (χ3n) is 3.06. The lowest BCUT2D eigenvalue weighted by molar-refractivity contribution is 0.169. The van der Waals surface area contributed by atoms with Gasteiger partial charge in [-0.25, -0.2) is 0 Å². The smallest absolute Gasteiger partial charge is 0.119 e. The van der Waals surface area contributed by atoms with Crippen molar-refractivity contribution in [1.82, 2.24) is 5.32 Å². The molecule has 96 valence electrons. The lowest BCUT2D eigenvalue weighted by Crippen LogP contribution is -2.44. The molecule has 0 radical (unpaired) electrons. The number of rotatable bonds is 7. The highest BCUT2D eigenvalue weighted by atomic mass is 16.5. The van der Waals surface area contributed by atoms with Crippen molar-refractivity contribution in [1.29, 1.82) is 0 Å². The normalized spacial score (nSPS) is 14.4. The number of aliphatic hydroxyl groups is 1. The van der Waals surface area contributed by atoms with Crippen LogP contribution in [0.1, 0.15) is 32.8 Å². The minimum atomic E-state index is -0.207. The van der Waals surface area contributed by atoms with E-state index in [0.717, 1.165) is 18.7 Å². The molecule has 0 heterocycles. The molecular weight excluding hydrogens is 214 g/mol. The van der Waals surface area contributed by atoms with Crippen molar-refractivity contribution in [3.63, 3.8) is 0 Å². The molecule has 3 heteroatoms. The molecule has 1 rings (SSSR count). The summed E-state index contributed by atoms with van der Waals surface area (Å²) >= 11 is 0. The van der Waals surface area contributed by atoms with Gasteiger partial charge in [0.2, 0.25) is 0 Å². The summed E-state index contributed by atoms with van der Waals surface area (Å²) in [6.07, 6.45) is 0.897. The van der Waals surface area contributed by atoms with E-state index in [-0.39, 0.29) is 12.1 Å². The van der Waals surface area contributed by atoms with E-state index in [1.165, 1.54) is 5.56 Å². The Balaban J connectivity index is 2.59. The average molecular weight is 237 g/mol. The number of nitrogens with one attached hydrogen (secondary N) is 1. The quantitative estimate of drug-likeness (QED) is 0.765. The van der Waals surface area contributed by atoms with Gasteiger partial charge in [0, 0.05) is 12.1 Å². The summed E-state index contributed by atoms with van der Waals surface area (Å²) in [6, 6.07) is 8.04. The van der Waals surface area contributed by atoms with Crippen LogP contribution in [0, 0.1) is 0 Å². The van der Waals surface area contributed by atoms with Gasteiger partial charge in [-0.3, -0.25) is 0 Å². The van der Waals surface area contributed by atoms with Gasteiger partial charge in [-0.1, -0.05) is 19.1 Å². The van der Waals surface area contributed by atoms with Crippen LogP contribution < -0.4 is 10.1 Å². The summed E-state index contributed by atoms with van der Waals surface area (Å²) in [5.41, 5.74) is 0.964. The van der Waals surface area contributed by atoms with Crippen molar-refractivity contribution in [3.05, 3.63) is 29.8 Å². The molecule has 1 aromatic rings. The minimum absolute atomic E-state index is 0.147. The first-order valence-corrected chi connectivity index (χ1v) is 6.21. The molecule has 1 atom stereocenters. The summed E-state index contributed by atoms with van der Waals surface area (Å²) in [4.78, 5) is 0. The molecule has 0 aliphatic rings. The summed E-state index contributed by atoms with van der Waals surface area (Å²) in [6.45, 7) is 7.64. The maximum Gasteiger partial charge on any atom is 0.119 e. The summed E-state index contributed by atoms with van der Waals surface area (Å²) in [5, 5.41) is 12.7. The van der Waals surface area contributed by atoms with E-state index in [0.29, 0.717) is 6.61 Å². The molecule has 0 saturated heterocycles. The van der Waals surface area contributed by atoms with E-state index < -0.39 is 0 Å². The van der Waals surface area contributed by atoms with Gasteiger partial charge in [0.1, 0.15) is 5.75 Å². The van der Waals surface area contributed by atoms with Crippen molar-refractivity contribution in [3.8, 4) is 5.75 Å². The first kappa shape index (κ1) is 14.0. The topological polar surface area (TPSA) is 41.5 Å². The minimum Gasteiger partial charge on any atom is -0.494 e. The molecule has 0 aliphatic carbocycles. The molecule has 0 bridgehead atoms. The Kier molecular flexibility index (Phi) is 5.45. The zero-order valence-corrected chi connectivity index (χ0v) is 11.0. The second-order valence-electron chi connectivity index (χ2n) is 4.51. The molecule has 1 aromatic carbocycles. The van der Waals surface area contributed by atoms with Gasteiger partial charge < -0.3 is 15.2 Å². The van der Waals surface area contributed by atoms with E-state index in [9.17, 15) is 5.11 Å². The molecule has 1 unspecified atom stereocenters. The molecule has 0 aliphatic heterocycles. The first-order valence-electron chi connectivity index (χ1n) is 6.21. The average Bonchev–Trinajstić information content (AvgIpc) is 2.37. The first-order chi connectivity index (χ1) is 8.13. The molecule has 3 nitrogen and oxygen atoms in total. The SMILES string of the molecule is CCOc1cccc(CNC(C)(CC)CO)c1. The molecule has 0 spiro atoms. The van der Waals surface area contributed by atoms with Crippen molar-refractivity contribution in [2.24, 2.45) is 0 Å². The number of aliphatic hydroxyl groups excluding tert-OH is 1. The van der Waals surface area contributed by atoms with Crippen LogP contribution in [0.3, 0.4) is 0 Å². The Hall–Kier alpha value is -1.06. The predicted octanol–water partition coefficient (Wildman–Crippen LogP) is 2.34. The largest absolute Gasteiger partial charge is 0.494 e. The number of ether oxygens (including phenoxy) is 1. The number of hydrogen-bond donors (Lipinski definition) is 2. The van der Waals surface area contributed by atoms with Gasteiger partial charge in [-0.2, -0.15) is 0 Å². The van der Waals surface area contributed by atoms with Crippen LogP contribution in [0.25, 0.3) is 0 Å². The predicted molar refractivity (Wildman–Crippen MR) is 70.2 cm³/mol. The maximum atomic E-state index is 9.31. The van der Waals surface area contributed by atoms with Crippen molar-refractivity contribution >= 4 is 0 Å². The van der Waals surface area contributed by atoms with Crippen LogP contribution >= 0.6 is 0 Å². The molecule has 0 amide bonds. The van der Waals surface area contributed by atoms with Crippen molar-refractivity contribution in [2.75, 3.05) is 13.2 Å². The summed E-state index contributed by atoms with van der Waals surface area (Å²) < 4.78 is 5.45. The van der Waals surface area contributed by atoms with Gasteiger partial charge in [0.15, 0.2) is 0 Å². The fourth-order valence-corrected chi connectivity index (χ4v) is 1.52. The number of benzene rings is 1. The van der Waals surface area contributed by atoms with Gasteiger partial charge >= 0.3 is 0 Å². The highest BCUT2D eigenvalue weighted by Crippen LogP contribution is 2.15. The van der Waals surface area contributed by atoms with Crippen LogP contribution in [0.4, 0.5) is 0 Å². The van der Waals surface area contributed by atoms with Gasteiger partial charge in [-0.15, -0.1) is 0 Å². The van der Waals surface area contributed by atoms with Crippen LogP contribution in [-0.2, 0) is 6.54 Å². The van der Waals surface area contributed by atoms with E-state index in [2.05, 4.69) is 18.3 Å². The monoisotopic (exact) mass is 237 g/mol. The molecular formula is C14H23NO2. The lowest BCUT2D eigenvalue weighted by Gasteiger charge is -2.27. The third kappa shape index (κ3) is 4.36. The Morgan fingerprint density at radius 1 is 1.35 bits per heavy atom. The van der Waals surface area contributed by atoms with Crippen molar-refractivity contribution in [2.45, 2.75) is 39.3 Å². The summed E-state index contributed by atoms with van der Waals surface area (Å²) in [7, 11) is 0. The molecule has 17 heavy (non-hydrogen) atoms. The summed E-state index contributed by atoms with van der Waals surface area (Å²) in [5.74, 6) is 0.897. The van der Waals surface area contributed by atoms with E-state index in [1.54, 1.807) is 0 Å². The van der Waals surface area contributed by atoms with E-state index in [4.69, 9.17) is 4.74 Å². The third-order valence-corrected chi connectivity index (χ3v) is 3.06. The van der Waals surface area contributed by atoms with E-state index >= 15 is 0 Å². The molecule has 0 fully saturated rings.